The number of nitrogens with one attached hydrogen (secondary N) is 1. The maximum Gasteiger partial charge on any atom is 0.325 e. The minimum atomic E-state index is -0.383. The quantitative estimate of drug-likeness (QED) is 0.560. The van der Waals surface area contributed by atoms with Gasteiger partial charge < -0.3 is 14.8 Å². The highest BCUT2D eigenvalue weighted by molar-refractivity contribution is 5.75. The Kier molecular flexibility index (Phi) is 7.06. The third-order valence-corrected chi connectivity index (χ3v) is 2.72. The lowest BCUT2D eigenvalue weighted by Gasteiger charge is -2.13. The SMILES string of the molecule is CNC(COCCCc1ccccc1)C(=O)OC. The fraction of sp³-hybridized carbons (Fsp3) is 0.500. The Morgan fingerprint density at radius 3 is 2.67 bits per heavy atom. The monoisotopic (exact) mass is 251 g/mol. The van der Waals surface area contributed by atoms with E-state index in [0.29, 0.717) is 13.2 Å². The number of esters is 1. The molecule has 4 heteroatoms. The predicted octanol–water partition coefficient (Wildman–Crippen LogP) is 1.40. The number of hydrogen-bond acceptors (Lipinski definition) is 4. The van der Waals surface area contributed by atoms with Crippen molar-refractivity contribution in [3.63, 3.8) is 0 Å². The lowest BCUT2D eigenvalue weighted by Crippen LogP contribution is -2.39. The van der Waals surface area contributed by atoms with Crippen LogP contribution in [0.1, 0.15) is 12.0 Å². The number of rotatable bonds is 8. The first-order valence-electron chi connectivity index (χ1n) is 6.14. The van der Waals surface area contributed by atoms with E-state index in [-0.39, 0.29) is 12.0 Å². The van der Waals surface area contributed by atoms with Crippen LogP contribution in [0.4, 0.5) is 0 Å². The van der Waals surface area contributed by atoms with E-state index < -0.39 is 0 Å². The Bertz CT molecular complexity index is 340. The van der Waals surface area contributed by atoms with Crippen molar-refractivity contribution in [1.29, 1.82) is 0 Å². The number of ether oxygens (including phenoxy) is 2. The summed E-state index contributed by atoms with van der Waals surface area (Å²) in [6.45, 7) is 0.988. The van der Waals surface area contributed by atoms with Gasteiger partial charge in [0.1, 0.15) is 6.04 Å². The Morgan fingerprint density at radius 1 is 1.33 bits per heavy atom. The summed E-state index contributed by atoms with van der Waals surface area (Å²) in [7, 11) is 3.09. The molecule has 1 rings (SSSR count). The minimum absolute atomic E-state index is 0.291. The van der Waals surface area contributed by atoms with E-state index in [1.54, 1.807) is 7.05 Å². The molecule has 0 fully saturated rings. The molecule has 1 unspecified atom stereocenters. The van der Waals surface area contributed by atoms with Crippen molar-refractivity contribution in [2.75, 3.05) is 27.4 Å². The lowest BCUT2D eigenvalue weighted by molar-refractivity contribution is -0.144. The van der Waals surface area contributed by atoms with E-state index in [1.165, 1.54) is 12.7 Å². The second kappa shape index (κ2) is 8.66. The summed E-state index contributed by atoms with van der Waals surface area (Å²) in [6, 6.07) is 9.89. The molecule has 0 aliphatic rings. The smallest absolute Gasteiger partial charge is 0.325 e. The largest absolute Gasteiger partial charge is 0.468 e. The molecule has 0 aliphatic heterocycles. The third-order valence-electron chi connectivity index (χ3n) is 2.72. The molecule has 4 nitrogen and oxygen atoms in total. The summed E-state index contributed by atoms with van der Waals surface area (Å²) < 4.78 is 10.1. The summed E-state index contributed by atoms with van der Waals surface area (Å²) in [6.07, 6.45) is 1.94. The molecule has 0 aromatic heterocycles. The zero-order valence-corrected chi connectivity index (χ0v) is 11.0. The van der Waals surface area contributed by atoms with Crippen molar-refractivity contribution in [3.05, 3.63) is 35.9 Å². The van der Waals surface area contributed by atoms with Gasteiger partial charge in [0.15, 0.2) is 0 Å². The molecule has 1 N–H and O–H groups in total. The first-order chi connectivity index (χ1) is 8.77. The molecule has 1 aromatic carbocycles. The maximum atomic E-state index is 11.3. The van der Waals surface area contributed by atoms with Crippen molar-refractivity contribution in [3.8, 4) is 0 Å². The van der Waals surface area contributed by atoms with Crippen LogP contribution in [0.15, 0.2) is 30.3 Å². The molecule has 0 saturated heterocycles. The van der Waals surface area contributed by atoms with Crippen LogP contribution in [0.2, 0.25) is 0 Å². The first-order valence-corrected chi connectivity index (χ1v) is 6.14. The number of carbonyl (C=O) groups is 1. The van der Waals surface area contributed by atoms with Crippen molar-refractivity contribution < 1.29 is 14.3 Å². The standard InChI is InChI=1S/C14H21NO3/c1-15-13(14(16)17-2)11-18-10-6-9-12-7-4-3-5-8-12/h3-5,7-8,13,15H,6,9-11H2,1-2H3. The first kappa shape index (κ1) is 14.7. The molecule has 0 saturated carbocycles. The van der Waals surface area contributed by atoms with Gasteiger partial charge in [0.2, 0.25) is 0 Å². The van der Waals surface area contributed by atoms with E-state index in [4.69, 9.17) is 4.74 Å². The molecular formula is C14H21NO3. The number of carbonyl (C=O) groups excluding carboxylic acids is 1. The summed E-state index contributed by atoms with van der Waals surface area (Å²) in [4.78, 5) is 11.3. The number of aryl methyl sites for hydroxylation is 1. The van der Waals surface area contributed by atoms with E-state index in [9.17, 15) is 4.79 Å². The molecule has 0 bridgehead atoms. The van der Waals surface area contributed by atoms with Crippen LogP contribution in [0.3, 0.4) is 0 Å². The molecule has 0 heterocycles. The second-order valence-corrected chi connectivity index (χ2v) is 4.03. The Labute approximate surface area is 108 Å². The highest BCUT2D eigenvalue weighted by Gasteiger charge is 2.16. The molecule has 1 atom stereocenters. The topological polar surface area (TPSA) is 47.6 Å². The van der Waals surface area contributed by atoms with Crippen molar-refractivity contribution in [1.82, 2.24) is 5.32 Å². The van der Waals surface area contributed by atoms with E-state index >= 15 is 0 Å². The Hall–Kier alpha value is -1.39. The van der Waals surface area contributed by atoms with Crippen LogP contribution in [-0.2, 0) is 20.7 Å². The summed E-state index contributed by atoms with van der Waals surface area (Å²) in [5.41, 5.74) is 1.30. The van der Waals surface area contributed by atoms with Crippen LogP contribution < -0.4 is 5.32 Å². The van der Waals surface area contributed by atoms with Crippen LogP contribution in [0.25, 0.3) is 0 Å². The van der Waals surface area contributed by atoms with Gasteiger partial charge in [0.25, 0.3) is 0 Å². The number of hydrogen-bond donors (Lipinski definition) is 1. The van der Waals surface area contributed by atoms with Gasteiger partial charge in [0.05, 0.1) is 13.7 Å². The predicted molar refractivity (Wildman–Crippen MR) is 70.4 cm³/mol. The average molecular weight is 251 g/mol. The number of methoxy groups -OCH3 is 1. The fourth-order valence-corrected chi connectivity index (χ4v) is 1.64. The van der Waals surface area contributed by atoms with Gasteiger partial charge in [-0.2, -0.15) is 0 Å². The maximum absolute atomic E-state index is 11.3. The second-order valence-electron chi connectivity index (χ2n) is 4.03. The zero-order valence-electron chi connectivity index (χ0n) is 11.0. The van der Waals surface area contributed by atoms with Gasteiger partial charge in [-0.1, -0.05) is 30.3 Å². The van der Waals surface area contributed by atoms with Crippen LogP contribution >= 0.6 is 0 Å². The van der Waals surface area contributed by atoms with E-state index in [2.05, 4.69) is 22.2 Å². The van der Waals surface area contributed by atoms with Gasteiger partial charge in [-0.05, 0) is 25.5 Å². The molecular weight excluding hydrogens is 230 g/mol. The molecule has 18 heavy (non-hydrogen) atoms. The summed E-state index contributed by atoms with van der Waals surface area (Å²) >= 11 is 0. The third kappa shape index (κ3) is 5.29. The van der Waals surface area contributed by atoms with Crippen LogP contribution in [-0.4, -0.2) is 39.4 Å². The van der Waals surface area contributed by atoms with Crippen molar-refractivity contribution >= 4 is 5.97 Å². The molecule has 1 aromatic rings. The minimum Gasteiger partial charge on any atom is -0.468 e. The fourth-order valence-electron chi connectivity index (χ4n) is 1.64. The molecule has 0 aliphatic carbocycles. The van der Waals surface area contributed by atoms with Gasteiger partial charge in [-0.25, -0.2) is 0 Å². The van der Waals surface area contributed by atoms with Gasteiger partial charge in [-0.3, -0.25) is 4.79 Å². The van der Waals surface area contributed by atoms with E-state index in [0.717, 1.165) is 12.8 Å². The summed E-state index contributed by atoms with van der Waals surface area (Å²) in [5, 5.41) is 2.86. The molecule has 0 spiro atoms. The van der Waals surface area contributed by atoms with Gasteiger partial charge in [0, 0.05) is 6.61 Å². The van der Waals surface area contributed by atoms with Crippen LogP contribution in [0, 0.1) is 0 Å². The Balaban J connectivity index is 2.13. The number of likely N-dealkylation sites (N-methyl/N-ethyl adjacent to an activating group) is 1. The summed E-state index contributed by atoms with van der Waals surface area (Å²) in [5.74, 6) is -0.291. The molecule has 0 amide bonds. The van der Waals surface area contributed by atoms with Crippen molar-refractivity contribution in [2.24, 2.45) is 0 Å². The normalized spacial score (nSPS) is 12.1. The number of benzene rings is 1. The zero-order chi connectivity index (χ0) is 13.2. The highest BCUT2D eigenvalue weighted by Crippen LogP contribution is 2.02. The van der Waals surface area contributed by atoms with E-state index in [1.807, 2.05) is 18.2 Å². The van der Waals surface area contributed by atoms with Crippen molar-refractivity contribution in [2.45, 2.75) is 18.9 Å². The molecule has 100 valence electrons. The average Bonchev–Trinajstić information content (AvgIpc) is 2.43. The highest BCUT2D eigenvalue weighted by atomic mass is 16.5. The van der Waals surface area contributed by atoms with Gasteiger partial charge >= 0.3 is 5.97 Å². The van der Waals surface area contributed by atoms with Crippen LogP contribution in [0.5, 0.6) is 0 Å². The molecule has 0 radical (unpaired) electrons. The lowest BCUT2D eigenvalue weighted by atomic mass is 10.1. The Morgan fingerprint density at radius 2 is 2.06 bits per heavy atom. The van der Waals surface area contributed by atoms with Gasteiger partial charge in [-0.15, -0.1) is 0 Å².